The van der Waals surface area contributed by atoms with Crippen LogP contribution in [0.2, 0.25) is 0 Å². The van der Waals surface area contributed by atoms with Crippen LogP contribution in [0.25, 0.3) is 16.6 Å². The molecule has 0 atom stereocenters. The number of carbonyl (C=O) groups is 1. The summed E-state index contributed by atoms with van der Waals surface area (Å²) >= 11 is 0. The van der Waals surface area contributed by atoms with Crippen molar-refractivity contribution in [3.05, 3.63) is 65.7 Å². The number of benzene rings is 2. The highest BCUT2D eigenvalue weighted by Crippen LogP contribution is 2.31. The third kappa shape index (κ3) is 6.45. The van der Waals surface area contributed by atoms with Crippen LogP contribution in [0, 0.1) is 5.82 Å². The first-order valence-corrected chi connectivity index (χ1v) is 12.5. The largest absolute Gasteiger partial charge is 0.443 e. The number of alkyl halides is 2. The SMILES string of the molecule is CCC(C)(C)OC(=O)N1CC=C(c2cc3c(cc2F)nc2n3CCC2)CC1.FC(F)Oc1ccccc1. The molecule has 0 spiro atoms. The second-order valence-electron chi connectivity index (χ2n) is 9.70. The van der Waals surface area contributed by atoms with Crippen LogP contribution >= 0.6 is 0 Å². The zero-order valence-corrected chi connectivity index (χ0v) is 21.3. The lowest BCUT2D eigenvalue weighted by Gasteiger charge is -2.31. The maximum atomic E-state index is 14.7. The van der Waals surface area contributed by atoms with Crippen LogP contribution in [-0.2, 0) is 17.7 Å². The summed E-state index contributed by atoms with van der Waals surface area (Å²) in [6.07, 6.45) is 5.06. The molecule has 37 heavy (non-hydrogen) atoms. The molecule has 9 heteroatoms. The van der Waals surface area contributed by atoms with Gasteiger partial charge >= 0.3 is 12.7 Å². The zero-order chi connectivity index (χ0) is 26.6. The number of fused-ring (bicyclic) bond motifs is 3. The first-order chi connectivity index (χ1) is 17.7. The Morgan fingerprint density at radius 2 is 1.89 bits per heavy atom. The van der Waals surface area contributed by atoms with E-state index < -0.39 is 12.2 Å². The number of hydrogen-bond acceptors (Lipinski definition) is 4. The van der Waals surface area contributed by atoms with Gasteiger partial charge < -0.3 is 18.9 Å². The van der Waals surface area contributed by atoms with Gasteiger partial charge in [0.15, 0.2) is 0 Å². The van der Waals surface area contributed by atoms with Gasteiger partial charge in [0.25, 0.3) is 0 Å². The Hall–Kier alpha value is -3.49. The van der Waals surface area contributed by atoms with E-state index in [1.54, 1.807) is 29.2 Å². The molecule has 0 fully saturated rings. The number of halogens is 3. The minimum Gasteiger partial charge on any atom is -0.443 e. The van der Waals surface area contributed by atoms with E-state index in [1.165, 1.54) is 12.1 Å². The molecule has 6 nitrogen and oxygen atoms in total. The molecule has 0 saturated carbocycles. The van der Waals surface area contributed by atoms with E-state index in [2.05, 4.69) is 14.3 Å². The van der Waals surface area contributed by atoms with Crippen LogP contribution in [0.1, 0.15) is 51.4 Å². The number of amides is 1. The number of imidazole rings is 1. The number of hydrogen-bond donors (Lipinski definition) is 0. The van der Waals surface area contributed by atoms with Crippen LogP contribution < -0.4 is 4.74 Å². The minimum atomic E-state index is -2.73. The molecule has 0 N–H and O–H groups in total. The van der Waals surface area contributed by atoms with Crippen molar-refractivity contribution in [2.75, 3.05) is 13.1 Å². The molecule has 3 aromatic rings. The maximum absolute atomic E-state index is 14.7. The van der Waals surface area contributed by atoms with Gasteiger partial charge in [-0.3, -0.25) is 0 Å². The van der Waals surface area contributed by atoms with E-state index >= 15 is 0 Å². The molecule has 2 aromatic carbocycles. The van der Waals surface area contributed by atoms with Gasteiger partial charge in [0.05, 0.1) is 11.0 Å². The monoisotopic (exact) mass is 515 g/mol. The molecule has 3 heterocycles. The van der Waals surface area contributed by atoms with E-state index in [-0.39, 0.29) is 17.7 Å². The highest BCUT2D eigenvalue weighted by atomic mass is 19.3. The van der Waals surface area contributed by atoms with Crippen molar-refractivity contribution in [3.63, 3.8) is 0 Å². The Labute approximate surface area is 214 Å². The molecule has 0 unspecified atom stereocenters. The Bertz CT molecular complexity index is 1270. The predicted molar refractivity (Wildman–Crippen MR) is 136 cm³/mol. The number of carbonyl (C=O) groups excluding carboxylic acids is 1. The molecule has 0 radical (unpaired) electrons. The molecule has 1 amide bonds. The summed E-state index contributed by atoms with van der Waals surface area (Å²) in [5.41, 5.74) is 2.84. The van der Waals surface area contributed by atoms with Crippen LogP contribution in [0.3, 0.4) is 0 Å². The van der Waals surface area contributed by atoms with E-state index in [0.29, 0.717) is 25.1 Å². The third-order valence-corrected chi connectivity index (χ3v) is 6.69. The van der Waals surface area contributed by atoms with Gasteiger partial charge in [-0.2, -0.15) is 8.78 Å². The van der Waals surface area contributed by atoms with Crippen molar-refractivity contribution in [1.82, 2.24) is 14.5 Å². The normalized spacial score (nSPS) is 15.2. The summed E-state index contributed by atoms with van der Waals surface area (Å²) in [5, 5.41) is 0. The van der Waals surface area contributed by atoms with Crippen molar-refractivity contribution in [3.8, 4) is 5.75 Å². The van der Waals surface area contributed by atoms with Crippen LogP contribution in [-0.4, -0.2) is 45.8 Å². The number of ether oxygens (including phenoxy) is 2. The molecular formula is C28H32F3N3O3. The van der Waals surface area contributed by atoms with Gasteiger partial charge in [-0.15, -0.1) is 0 Å². The molecule has 5 rings (SSSR count). The van der Waals surface area contributed by atoms with Crippen molar-refractivity contribution in [2.45, 2.75) is 65.2 Å². The van der Waals surface area contributed by atoms with Crippen molar-refractivity contribution in [1.29, 1.82) is 0 Å². The smallest absolute Gasteiger partial charge is 0.410 e. The fraction of sp³-hybridized carbons (Fsp3) is 0.429. The molecule has 2 aliphatic heterocycles. The van der Waals surface area contributed by atoms with Crippen LogP contribution in [0.15, 0.2) is 48.5 Å². The molecule has 1 aromatic heterocycles. The standard InChI is InChI=1S/C21H26FN3O2.C7H6F2O/c1-4-21(2,3)27-20(26)24-10-7-14(8-11-24)15-12-18-17(13-16(15)22)23-19-6-5-9-25(18)19;8-7(9)10-6-4-2-1-3-5-6/h7,12-13H,4-6,8-11H2,1-3H3;1-5,7H. The number of aromatic nitrogens is 2. The molecular weight excluding hydrogens is 483 g/mol. The molecule has 0 saturated heterocycles. The quantitative estimate of drug-likeness (QED) is 0.374. The number of nitrogens with zero attached hydrogens (tertiary/aromatic N) is 3. The number of aryl methyl sites for hydroxylation is 2. The summed E-state index contributed by atoms with van der Waals surface area (Å²) in [5.74, 6) is 0.998. The summed E-state index contributed by atoms with van der Waals surface area (Å²) in [4.78, 5) is 18.6. The first kappa shape index (κ1) is 26.6. The Kier molecular flexibility index (Phi) is 8.10. The molecule has 0 aliphatic carbocycles. The maximum Gasteiger partial charge on any atom is 0.410 e. The van der Waals surface area contributed by atoms with Crippen LogP contribution in [0.5, 0.6) is 5.75 Å². The number of rotatable bonds is 5. The second kappa shape index (κ2) is 11.3. The van der Waals surface area contributed by atoms with E-state index in [4.69, 9.17) is 4.74 Å². The van der Waals surface area contributed by atoms with E-state index in [1.807, 2.05) is 32.9 Å². The molecule has 198 valence electrons. The lowest BCUT2D eigenvalue weighted by molar-refractivity contribution is -0.0498. The topological polar surface area (TPSA) is 56.6 Å². The lowest BCUT2D eigenvalue weighted by Crippen LogP contribution is -2.40. The van der Waals surface area contributed by atoms with Crippen LogP contribution in [0.4, 0.5) is 18.0 Å². The predicted octanol–water partition coefficient (Wildman–Crippen LogP) is 6.82. The summed E-state index contributed by atoms with van der Waals surface area (Å²) in [6.45, 7) is 5.00. The zero-order valence-electron chi connectivity index (χ0n) is 21.3. The fourth-order valence-corrected chi connectivity index (χ4v) is 4.33. The second-order valence-corrected chi connectivity index (χ2v) is 9.70. The number of para-hydroxylation sites is 1. The van der Waals surface area contributed by atoms with Gasteiger partial charge in [0, 0.05) is 37.7 Å². The van der Waals surface area contributed by atoms with Gasteiger partial charge in [-0.25, -0.2) is 14.2 Å². The van der Waals surface area contributed by atoms with Crippen molar-refractivity contribution < 1.29 is 27.4 Å². The van der Waals surface area contributed by atoms with Crippen molar-refractivity contribution >= 4 is 22.7 Å². The summed E-state index contributed by atoms with van der Waals surface area (Å²) < 4.78 is 49.5. The highest BCUT2D eigenvalue weighted by molar-refractivity contribution is 5.83. The van der Waals surface area contributed by atoms with Crippen molar-refractivity contribution in [2.24, 2.45) is 0 Å². The average Bonchev–Trinajstić information content (AvgIpc) is 3.45. The van der Waals surface area contributed by atoms with E-state index in [9.17, 15) is 18.0 Å². The first-order valence-electron chi connectivity index (χ1n) is 12.5. The Balaban J connectivity index is 0.000000270. The minimum absolute atomic E-state index is 0.192. The highest BCUT2D eigenvalue weighted by Gasteiger charge is 2.27. The summed E-state index contributed by atoms with van der Waals surface area (Å²) in [6, 6.07) is 11.4. The van der Waals surface area contributed by atoms with E-state index in [0.717, 1.165) is 48.2 Å². The van der Waals surface area contributed by atoms with Gasteiger partial charge in [-0.1, -0.05) is 31.2 Å². The molecule has 0 bridgehead atoms. The third-order valence-electron chi connectivity index (χ3n) is 6.69. The Morgan fingerprint density at radius 3 is 2.54 bits per heavy atom. The molecule has 2 aliphatic rings. The van der Waals surface area contributed by atoms with Gasteiger partial charge in [-0.05, 0) is 56.9 Å². The van der Waals surface area contributed by atoms with Gasteiger partial charge in [0.2, 0.25) is 0 Å². The summed E-state index contributed by atoms with van der Waals surface area (Å²) in [7, 11) is 0. The lowest BCUT2D eigenvalue weighted by atomic mass is 9.98. The fourth-order valence-electron chi connectivity index (χ4n) is 4.33. The average molecular weight is 516 g/mol. The Morgan fingerprint density at radius 1 is 1.14 bits per heavy atom. The van der Waals surface area contributed by atoms with Gasteiger partial charge in [0.1, 0.15) is 23.0 Å².